The van der Waals surface area contributed by atoms with Gasteiger partial charge >= 0.3 is 6.18 Å². The van der Waals surface area contributed by atoms with E-state index in [1.807, 2.05) is 0 Å². The Hall–Kier alpha value is -2.91. The number of hydrogen-bond donors (Lipinski definition) is 1. The molecule has 2 aromatic rings. The van der Waals surface area contributed by atoms with Gasteiger partial charge in [0.1, 0.15) is 0 Å². The number of nitro groups is 1. The molecule has 1 aromatic carbocycles. The van der Waals surface area contributed by atoms with Crippen molar-refractivity contribution >= 4 is 17.3 Å². The van der Waals surface area contributed by atoms with Crippen molar-refractivity contribution in [1.82, 2.24) is 9.78 Å². The first-order valence-corrected chi connectivity index (χ1v) is 8.35. The number of nitrogens with zero attached hydrogens (tertiary/aromatic N) is 3. The van der Waals surface area contributed by atoms with Crippen molar-refractivity contribution < 1.29 is 22.9 Å². The van der Waals surface area contributed by atoms with Crippen LogP contribution in [0.3, 0.4) is 0 Å². The molecule has 1 amide bonds. The van der Waals surface area contributed by atoms with E-state index in [0.717, 1.165) is 18.9 Å². The molecule has 1 heterocycles. The van der Waals surface area contributed by atoms with E-state index in [9.17, 15) is 28.1 Å². The van der Waals surface area contributed by atoms with Gasteiger partial charge < -0.3 is 5.32 Å². The van der Waals surface area contributed by atoms with E-state index >= 15 is 0 Å². The third kappa shape index (κ3) is 4.44. The molecule has 0 spiro atoms. The second-order valence-corrected chi connectivity index (χ2v) is 6.60. The summed E-state index contributed by atoms with van der Waals surface area (Å²) in [7, 11) is 0. The highest BCUT2D eigenvalue weighted by molar-refractivity contribution is 5.92. The predicted molar refractivity (Wildman–Crippen MR) is 90.1 cm³/mol. The van der Waals surface area contributed by atoms with Crippen LogP contribution >= 0.6 is 0 Å². The van der Waals surface area contributed by atoms with E-state index in [1.54, 1.807) is 6.92 Å². The molecule has 144 valence electrons. The van der Waals surface area contributed by atoms with Gasteiger partial charge in [0, 0.05) is 29.4 Å². The second-order valence-electron chi connectivity index (χ2n) is 6.60. The zero-order valence-corrected chi connectivity index (χ0v) is 14.4. The van der Waals surface area contributed by atoms with Crippen LogP contribution in [0.4, 0.5) is 24.5 Å². The number of anilines is 1. The summed E-state index contributed by atoms with van der Waals surface area (Å²) in [6.45, 7) is 1.60. The Morgan fingerprint density at radius 3 is 2.52 bits per heavy atom. The number of hydrogen-bond acceptors (Lipinski definition) is 4. The third-order valence-electron chi connectivity index (χ3n) is 4.34. The first-order valence-electron chi connectivity index (χ1n) is 8.35. The SMILES string of the molecule is CC(Cn1nc(C(F)(F)F)cc1C1CC1)C(=O)Nc1ccc([N+](=O)[O-])cc1. The third-order valence-corrected chi connectivity index (χ3v) is 4.34. The number of non-ortho nitro benzene ring substituents is 1. The van der Waals surface area contributed by atoms with Gasteiger partial charge in [-0.3, -0.25) is 19.6 Å². The van der Waals surface area contributed by atoms with Crippen LogP contribution in [-0.2, 0) is 17.5 Å². The summed E-state index contributed by atoms with van der Waals surface area (Å²) >= 11 is 0. The first kappa shape index (κ1) is 18.9. The number of aromatic nitrogens is 2. The predicted octanol–water partition coefficient (Wildman–Crippen LogP) is 3.96. The molecule has 0 radical (unpaired) electrons. The molecular weight excluding hydrogens is 365 g/mol. The minimum atomic E-state index is -4.53. The van der Waals surface area contributed by atoms with E-state index in [1.165, 1.54) is 28.9 Å². The van der Waals surface area contributed by atoms with Crippen molar-refractivity contribution in [3.05, 3.63) is 51.8 Å². The lowest BCUT2D eigenvalue weighted by molar-refractivity contribution is -0.384. The number of nitrogens with one attached hydrogen (secondary N) is 1. The maximum atomic E-state index is 12.9. The minimum absolute atomic E-state index is 0.0146. The van der Waals surface area contributed by atoms with E-state index in [4.69, 9.17) is 0 Å². The van der Waals surface area contributed by atoms with Crippen molar-refractivity contribution in [2.24, 2.45) is 5.92 Å². The van der Waals surface area contributed by atoms with Crippen LogP contribution in [0.1, 0.15) is 37.1 Å². The molecule has 1 saturated carbocycles. The molecule has 0 aliphatic heterocycles. The Labute approximate surface area is 152 Å². The number of halogens is 3. The van der Waals surface area contributed by atoms with Gasteiger partial charge in [0.25, 0.3) is 5.69 Å². The Bertz CT molecular complexity index is 857. The van der Waals surface area contributed by atoms with Crippen LogP contribution in [0.15, 0.2) is 30.3 Å². The van der Waals surface area contributed by atoms with Crippen molar-refractivity contribution in [1.29, 1.82) is 0 Å². The van der Waals surface area contributed by atoms with Crippen LogP contribution in [-0.4, -0.2) is 20.6 Å². The van der Waals surface area contributed by atoms with E-state index in [-0.39, 0.29) is 18.2 Å². The molecule has 1 aliphatic rings. The Morgan fingerprint density at radius 2 is 2.00 bits per heavy atom. The van der Waals surface area contributed by atoms with Gasteiger partial charge in [0.2, 0.25) is 5.91 Å². The molecule has 27 heavy (non-hydrogen) atoms. The van der Waals surface area contributed by atoms with Gasteiger partial charge in [0.15, 0.2) is 5.69 Å². The summed E-state index contributed by atoms with van der Waals surface area (Å²) in [6.07, 6.45) is -2.90. The largest absolute Gasteiger partial charge is 0.435 e. The summed E-state index contributed by atoms with van der Waals surface area (Å²) in [5.74, 6) is -0.994. The van der Waals surface area contributed by atoms with Gasteiger partial charge in [-0.15, -0.1) is 0 Å². The maximum Gasteiger partial charge on any atom is 0.435 e. The normalized spacial score (nSPS) is 15.4. The number of carbonyl (C=O) groups excluding carboxylic acids is 1. The molecule has 1 fully saturated rings. The van der Waals surface area contributed by atoms with E-state index in [0.29, 0.717) is 11.4 Å². The lowest BCUT2D eigenvalue weighted by atomic mass is 10.1. The zero-order valence-electron chi connectivity index (χ0n) is 14.4. The average molecular weight is 382 g/mol. The molecule has 3 rings (SSSR count). The van der Waals surface area contributed by atoms with Gasteiger partial charge in [0.05, 0.1) is 17.4 Å². The topological polar surface area (TPSA) is 90.1 Å². The minimum Gasteiger partial charge on any atom is -0.326 e. The highest BCUT2D eigenvalue weighted by Gasteiger charge is 2.38. The summed E-state index contributed by atoms with van der Waals surface area (Å²) in [6, 6.07) is 6.36. The Balaban J connectivity index is 1.69. The monoisotopic (exact) mass is 382 g/mol. The number of amides is 1. The zero-order chi connectivity index (χ0) is 19.8. The Morgan fingerprint density at radius 1 is 1.37 bits per heavy atom. The molecule has 1 atom stereocenters. The fraction of sp³-hybridized carbons (Fsp3) is 0.412. The van der Waals surface area contributed by atoms with Crippen molar-refractivity contribution in [2.45, 2.75) is 38.4 Å². The number of benzene rings is 1. The van der Waals surface area contributed by atoms with Crippen LogP contribution in [0.5, 0.6) is 0 Å². The number of carbonyl (C=O) groups is 1. The van der Waals surface area contributed by atoms with Gasteiger partial charge in [-0.2, -0.15) is 18.3 Å². The summed E-state index contributed by atoms with van der Waals surface area (Å²) in [5.41, 5.74) is -0.188. The fourth-order valence-electron chi connectivity index (χ4n) is 2.70. The lowest BCUT2D eigenvalue weighted by Gasteiger charge is -2.14. The molecule has 1 N–H and O–H groups in total. The number of rotatable bonds is 6. The van der Waals surface area contributed by atoms with Gasteiger partial charge in [-0.1, -0.05) is 6.92 Å². The lowest BCUT2D eigenvalue weighted by Crippen LogP contribution is -2.25. The van der Waals surface area contributed by atoms with Crippen LogP contribution in [0.2, 0.25) is 0 Å². The molecular formula is C17H17F3N4O3. The van der Waals surface area contributed by atoms with Crippen molar-refractivity contribution in [3.8, 4) is 0 Å². The molecule has 1 unspecified atom stereocenters. The Kier molecular flexibility index (Phi) is 4.90. The first-order chi connectivity index (χ1) is 12.6. The standard InChI is InChI=1S/C17H17F3N4O3/c1-10(16(25)21-12-4-6-13(7-5-12)24(26)27)9-23-14(11-2-3-11)8-15(22-23)17(18,19)20/h4-8,10-11H,2-3,9H2,1H3,(H,21,25). The molecule has 10 heteroatoms. The van der Waals surface area contributed by atoms with Gasteiger partial charge in [-0.25, -0.2) is 0 Å². The molecule has 0 bridgehead atoms. The molecule has 7 nitrogen and oxygen atoms in total. The van der Waals surface area contributed by atoms with Gasteiger partial charge in [-0.05, 0) is 31.0 Å². The highest BCUT2D eigenvalue weighted by atomic mass is 19.4. The second kappa shape index (κ2) is 7.01. The van der Waals surface area contributed by atoms with Crippen molar-refractivity contribution in [2.75, 3.05) is 5.32 Å². The van der Waals surface area contributed by atoms with E-state index in [2.05, 4.69) is 10.4 Å². The van der Waals surface area contributed by atoms with Crippen LogP contribution in [0.25, 0.3) is 0 Å². The average Bonchev–Trinajstić information content (AvgIpc) is 3.34. The molecule has 0 saturated heterocycles. The van der Waals surface area contributed by atoms with Crippen LogP contribution in [0, 0.1) is 16.0 Å². The quantitative estimate of drug-likeness (QED) is 0.605. The smallest absolute Gasteiger partial charge is 0.326 e. The highest BCUT2D eigenvalue weighted by Crippen LogP contribution is 2.42. The summed E-state index contributed by atoms with van der Waals surface area (Å²) < 4.78 is 40.1. The summed E-state index contributed by atoms with van der Waals surface area (Å²) in [4.78, 5) is 22.4. The maximum absolute atomic E-state index is 12.9. The number of alkyl halides is 3. The number of nitro benzene ring substituents is 1. The van der Waals surface area contributed by atoms with E-state index < -0.39 is 28.6 Å². The van der Waals surface area contributed by atoms with Crippen molar-refractivity contribution in [3.63, 3.8) is 0 Å². The fourth-order valence-corrected chi connectivity index (χ4v) is 2.70. The van der Waals surface area contributed by atoms with Crippen LogP contribution < -0.4 is 5.32 Å². The molecule has 1 aromatic heterocycles. The summed E-state index contributed by atoms with van der Waals surface area (Å²) in [5, 5.41) is 16.9. The molecule has 1 aliphatic carbocycles.